The van der Waals surface area contributed by atoms with Crippen LogP contribution in [0.3, 0.4) is 0 Å². The Hall–Kier alpha value is -1.71. The minimum Gasteiger partial charge on any atom is -0.384 e. The van der Waals surface area contributed by atoms with Gasteiger partial charge in [0.05, 0.1) is 19.8 Å². The predicted molar refractivity (Wildman–Crippen MR) is 108 cm³/mol. The minimum atomic E-state index is 0.536. The van der Waals surface area contributed by atoms with Gasteiger partial charge in [-0.3, -0.25) is 4.90 Å². The van der Waals surface area contributed by atoms with E-state index in [1.807, 2.05) is 18.5 Å². The van der Waals surface area contributed by atoms with Gasteiger partial charge in [0, 0.05) is 52.8 Å². The maximum Gasteiger partial charge on any atom is 0.194 e. The van der Waals surface area contributed by atoms with Crippen LogP contribution in [0.2, 0.25) is 0 Å². The van der Waals surface area contributed by atoms with E-state index in [-0.39, 0.29) is 0 Å². The number of likely N-dealkylation sites (tertiary alicyclic amines) is 1. The van der Waals surface area contributed by atoms with Gasteiger partial charge in [0.2, 0.25) is 0 Å². The first-order valence-corrected chi connectivity index (χ1v) is 10.3. The highest BCUT2D eigenvalue weighted by atomic mass is 16.5. The quantitative estimate of drug-likeness (QED) is 0.385. The molecule has 158 valence electrons. The zero-order valence-electron chi connectivity index (χ0n) is 17.6. The highest BCUT2D eigenvalue weighted by molar-refractivity contribution is 5.80. The third-order valence-electron chi connectivity index (χ3n) is 5.58. The first-order valence-electron chi connectivity index (χ1n) is 10.3. The number of nitrogens with one attached hydrogen (secondary N) is 1. The smallest absolute Gasteiger partial charge is 0.194 e. The van der Waals surface area contributed by atoms with Crippen molar-refractivity contribution >= 4 is 5.96 Å². The van der Waals surface area contributed by atoms with Crippen molar-refractivity contribution in [3.8, 4) is 0 Å². The van der Waals surface area contributed by atoms with Gasteiger partial charge in [0.25, 0.3) is 0 Å². The summed E-state index contributed by atoms with van der Waals surface area (Å²) in [4.78, 5) is 9.68. The summed E-state index contributed by atoms with van der Waals surface area (Å²) in [6.07, 6.45) is 2.24. The number of aromatic nitrogens is 3. The maximum atomic E-state index is 5.42. The summed E-state index contributed by atoms with van der Waals surface area (Å²) >= 11 is 0. The van der Waals surface area contributed by atoms with Crippen molar-refractivity contribution in [2.45, 2.75) is 26.3 Å². The first kappa shape index (κ1) is 21.0. The zero-order chi connectivity index (χ0) is 19.8. The summed E-state index contributed by atoms with van der Waals surface area (Å²) in [6, 6.07) is 0. The maximum absolute atomic E-state index is 5.42. The van der Waals surface area contributed by atoms with E-state index in [1.54, 1.807) is 7.11 Å². The second kappa shape index (κ2) is 10.7. The molecule has 1 aromatic rings. The van der Waals surface area contributed by atoms with Gasteiger partial charge in [-0.25, -0.2) is 4.99 Å². The second-order valence-corrected chi connectivity index (χ2v) is 7.65. The van der Waals surface area contributed by atoms with E-state index in [0.29, 0.717) is 12.5 Å². The normalized spacial score (nSPS) is 21.5. The molecule has 0 spiro atoms. The summed E-state index contributed by atoms with van der Waals surface area (Å²) in [5, 5.41) is 11.9. The molecule has 28 heavy (non-hydrogen) atoms. The van der Waals surface area contributed by atoms with Gasteiger partial charge in [0.1, 0.15) is 12.4 Å². The number of guanidine groups is 1. The standard InChI is InChI=1S/C19H35N7O2/c1-16-22-23-18(24(16)2)13-21-19(26-8-5-17(14-26)15-27-3)20-6-4-7-25-9-11-28-12-10-25/h17H,4-15H2,1-3H3,(H,20,21). The lowest BCUT2D eigenvalue weighted by molar-refractivity contribution is 0.0375. The highest BCUT2D eigenvalue weighted by Crippen LogP contribution is 2.16. The number of methoxy groups -OCH3 is 1. The Labute approximate surface area is 168 Å². The molecule has 1 aromatic heterocycles. The Morgan fingerprint density at radius 1 is 1.29 bits per heavy atom. The van der Waals surface area contributed by atoms with Crippen molar-refractivity contribution in [3.05, 3.63) is 11.6 Å². The lowest BCUT2D eigenvalue weighted by Crippen LogP contribution is -2.42. The van der Waals surface area contributed by atoms with Crippen LogP contribution in [0, 0.1) is 12.8 Å². The number of aryl methyl sites for hydroxylation is 1. The van der Waals surface area contributed by atoms with Crippen LogP contribution < -0.4 is 5.32 Å². The molecule has 1 N–H and O–H groups in total. The average Bonchev–Trinajstić information content (AvgIpc) is 3.30. The molecular formula is C19H35N7O2. The molecule has 0 saturated carbocycles. The largest absolute Gasteiger partial charge is 0.384 e. The Balaban J connectivity index is 1.54. The third kappa shape index (κ3) is 5.89. The number of ether oxygens (including phenoxy) is 2. The fraction of sp³-hybridized carbons (Fsp3) is 0.842. The van der Waals surface area contributed by atoms with Gasteiger partial charge in [-0.05, 0) is 26.3 Å². The van der Waals surface area contributed by atoms with Gasteiger partial charge < -0.3 is 24.3 Å². The van der Waals surface area contributed by atoms with Gasteiger partial charge in [0.15, 0.2) is 11.8 Å². The number of hydrogen-bond donors (Lipinski definition) is 1. The number of nitrogens with zero attached hydrogens (tertiary/aromatic N) is 6. The van der Waals surface area contributed by atoms with Crippen molar-refractivity contribution < 1.29 is 9.47 Å². The molecule has 0 bridgehead atoms. The van der Waals surface area contributed by atoms with Gasteiger partial charge in [-0.15, -0.1) is 10.2 Å². The van der Waals surface area contributed by atoms with Crippen LogP contribution in [0.5, 0.6) is 0 Å². The number of hydrogen-bond acceptors (Lipinski definition) is 6. The van der Waals surface area contributed by atoms with Gasteiger partial charge in [-0.2, -0.15) is 0 Å². The Morgan fingerprint density at radius 3 is 2.82 bits per heavy atom. The summed E-state index contributed by atoms with van der Waals surface area (Å²) in [7, 11) is 3.76. The number of morpholine rings is 1. The van der Waals surface area contributed by atoms with Crippen molar-refractivity contribution in [2.75, 3.05) is 66.2 Å². The molecule has 3 rings (SSSR count). The van der Waals surface area contributed by atoms with E-state index in [2.05, 4.69) is 25.3 Å². The van der Waals surface area contributed by atoms with Crippen LogP contribution in [0.15, 0.2) is 4.99 Å². The van der Waals surface area contributed by atoms with Crippen molar-refractivity contribution in [3.63, 3.8) is 0 Å². The topological polar surface area (TPSA) is 80.0 Å². The summed E-state index contributed by atoms with van der Waals surface area (Å²) in [5.74, 6) is 3.34. The van der Waals surface area contributed by atoms with Gasteiger partial charge >= 0.3 is 0 Å². The lowest BCUT2D eigenvalue weighted by atomic mass is 10.1. The molecule has 0 radical (unpaired) electrons. The highest BCUT2D eigenvalue weighted by Gasteiger charge is 2.25. The van der Waals surface area contributed by atoms with E-state index in [1.165, 1.54) is 0 Å². The lowest BCUT2D eigenvalue weighted by Gasteiger charge is -2.27. The molecule has 2 saturated heterocycles. The molecule has 1 atom stereocenters. The zero-order valence-corrected chi connectivity index (χ0v) is 17.6. The monoisotopic (exact) mass is 393 g/mol. The predicted octanol–water partition coefficient (Wildman–Crippen LogP) is 0.260. The van der Waals surface area contributed by atoms with E-state index < -0.39 is 0 Å². The molecule has 1 unspecified atom stereocenters. The molecule has 9 nitrogen and oxygen atoms in total. The molecule has 0 aromatic carbocycles. The molecule has 2 fully saturated rings. The van der Waals surface area contributed by atoms with Crippen LogP contribution in [0.4, 0.5) is 0 Å². The van der Waals surface area contributed by atoms with Gasteiger partial charge in [-0.1, -0.05) is 0 Å². The fourth-order valence-electron chi connectivity index (χ4n) is 3.73. The van der Waals surface area contributed by atoms with E-state index in [0.717, 1.165) is 89.5 Å². The molecule has 3 heterocycles. The SMILES string of the molecule is COCC1CCN(C(=NCc2nnc(C)n2C)NCCCN2CCOCC2)C1. The molecule has 0 amide bonds. The molecular weight excluding hydrogens is 358 g/mol. The molecule has 9 heteroatoms. The van der Waals surface area contributed by atoms with Crippen molar-refractivity contribution in [2.24, 2.45) is 18.0 Å². The van der Waals surface area contributed by atoms with E-state index in [4.69, 9.17) is 14.5 Å². The van der Waals surface area contributed by atoms with Crippen LogP contribution >= 0.6 is 0 Å². The fourth-order valence-corrected chi connectivity index (χ4v) is 3.73. The minimum absolute atomic E-state index is 0.536. The van der Waals surface area contributed by atoms with E-state index >= 15 is 0 Å². The average molecular weight is 394 g/mol. The molecule has 2 aliphatic heterocycles. The number of rotatable bonds is 8. The second-order valence-electron chi connectivity index (χ2n) is 7.65. The molecule has 0 aliphatic carbocycles. The summed E-state index contributed by atoms with van der Waals surface area (Å²) in [6.45, 7) is 11.1. The van der Waals surface area contributed by atoms with E-state index in [9.17, 15) is 0 Å². The summed E-state index contributed by atoms with van der Waals surface area (Å²) < 4.78 is 12.8. The Morgan fingerprint density at radius 2 is 2.11 bits per heavy atom. The van der Waals surface area contributed by atoms with Crippen molar-refractivity contribution in [1.82, 2.24) is 29.9 Å². The number of aliphatic imine (C=N–C) groups is 1. The first-order chi connectivity index (χ1) is 13.7. The summed E-state index contributed by atoms with van der Waals surface area (Å²) in [5.41, 5.74) is 0. The van der Waals surface area contributed by atoms with Crippen LogP contribution in [-0.2, 0) is 23.1 Å². The van der Waals surface area contributed by atoms with Crippen LogP contribution in [-0.4, -0.2) is 96.7 Å². The molecule has 2 aliphatic rings. The Kier molecular flexibility index (Phi) is 8.05. The third-order valence-corrected chi connectivity index (χ3v) is 5.58. The van der Waals surface area contributed by atoms with Crippen molar-refractivity contribution in [1.29, 1.82) is 0 Å². The van der Waals surface area contributed by atoms with Crippen LogP contribution in [0.25, 0.3) is 0 Å². The van der Waals surface area contributed by atoms with Crippen LogP contribution in [0.1, 0.15) is 24.5 Å². The Bertz CT molecular complexity index is 628.